The first kappa shape index (κ1) is 14.0. The van der Waals surface area contributed by atoms with E-state index in [-0.39, 0.29) is 5.91 Å². The van der Waals surface area contributed by atoms with E-state index in [0.717, 1.165) is 5.65 Å². The average molecular weight is 296 g/mol. The van der Waals surface area contributed by atoms with E-state index in [1.54, 1.807) is 21.7 Å². The lowest BCUT2D eigenvalue weighted by Crippen LogP contribution is -2.17. The van der Waals surface area contributed by atoms with E-state index in [9.17, 15) is 4.79 Å². The number of hydrogen-bond acceptors (Lipinski definition) is 5. The molecule has 0 spiro atoms. The zero-order chi connectivity index (χ0) is 15.7. The topological polar surface area (TPSA) is 75.4 Å². The maximum atomic E-state index is 12.5. The SMILES string of the molecule is Cc1nc2ccccn2c1C(=O)Nc1cnc(N(C)C)nc1. The number of pyridine rings is 1. The highest BCUT2D eigenvalue weighted by Gasteiger charge is 2.16. The van der Waals surface area contributed by atoms with Crippen molar-refractivity contribution in [3.05, 3.63) is 48.2 Å². The third-order valence-corrected chi connectivity index (χ3v) is 3.22. The molecule has 3 aromatic heterocycles. The third kappa shape index (κ3) is 2.48. The summed E-state index contributed by atoms with van der Waals surface area (Å²) in [6.45, 7) is 1.81. The highest BCUT2D eigenvalue weighted by atomic mass is 16.2. The first-order chi connectivity index (χ1) is 10.6. The summed E-state index contributed by atoms with van der Waals surface area (Å²) in [6.07, 6.45) is 4.98. The van der Waals surface area contributed by atoms with E-state index in [4.69, 9.17) is 0 Å². The van der Waals surface area contributed by atoms with E-state index in [1.807, 2.05) is 45.4 Å². The van der Waals surface area contributed by atoms with Gasteiger partial charge in [0.2, 0.25) is 5.95 Å². The van der Waals surface area contributed by atoms with E-state index in [2.05, 4.69) is 20.3 Å². The molecule has 0 aliphatic rings. The van der Waals surface area contributed by atoms with Crippen molar-refractivity contribution in [1.29, 1.82) is 0 Å². The molecule has 0 unspecified atom stereocenters. The number of carbonyl (C=O) groups excluding carboxylic acids is 1. The van der Waals surface area contributed by atoms with Gasteiger partial charge in [-0.1, -0.05) is 6.07 Å². The molecular weight excluding hydrogens is 280 g/mol. The number of nitrogens with one attached hydrogen (secondary N) is 1. The zero-order valence-corrected chi connectivity index (χ0v) is 12.6. The molecule has 7 nitrogen and oxygen atoms in total. The van der Waals surface area contributed by atoms with Crippen molar-refractivity contribution in [3.63, 3.8) is 0 Å². The van der Waals surface area contributed by atoms with Crippen molar-refractivity contribution in [3.8, 4) is 0 Å². The second kappa shape index (κ2) is 5.44. The van der Waals surface area contributed by atoms with Crippen LogP contribution in [-0.2, 0) is 0 Å². The Kier molecular flexibility index (Phi) is 3.46. The molecule has 0 saturated carbocycles. The Morgan fingerprint density at radius 2 is 1.95 bits per heavy atom. The molecule has 0 aliphatic heterocycles. The lowest BCUT2D eigenvalue weighted by atomic mass is 10.3. The Balaban J connectivity index is 1.88. The van der Waals surface area contributed by atoms with Crippen molar-refractivity contribution in [2.75, 3.05) is 24.3 Å². The summed E-state index contributed by atoms with van der Waals surface area (Å²) in [4.78, 5) is 27.0. The van der Waals surface area contributed by atoms with Crippen molar-refractivity contribution in [2.45, 2.75) is 6.92 Å². The highest BCUT2D eigenvalue weighted by Crippen LogP contribution is 2.14. The van der Waals surface area contributed by atoms with Gasteiger partial charge in [-0.3, -0.25) is 9.20 Å². The van der Waals surface area contributed by atoms with Gasteiger partial charge in [0.1, 0.15) is 11.3 Å². The Morgan fingerprint density at radius 3 is 2.64 bits per heavy atom. The lowest BCUT2D eigenvalue weighted by molar-refractivity contribution is 0.102. The molecule has 0 fully saturated rings. The minimum absolute atomic E-state index is 0.239. The summed E-state index contributed by atoms with van der Waals surface area (Å²) in [5.41, 5.74) is 2.46. The number of carbonyl (C=O) groups is 1. The van der Waals surface area contributed by atoms with Crippen LogP contribution in [0.1, 0.15) is 16.2 Å². The van der Waals surface area contributed by atoms with Gasteiger partial charge in [-0.2, -0.15) is 0 Å². The second-order valence-electron chi connectivity index (χ2n) is 5.09. The maximum Gasteiger partial charge on any atom is 0.274 e. The van der Waals surface area contributed by atoms with Crippen LogP contribution in [0.15, 0.2) is 36.8 Å². The molecular formula is C15H16N6O. The van der Waals surface area contributed by atoms with E-state index < -0.39 is 0 Å². The van der Waals surface area contributed by atoms with Gasteiger partial charge in [-0.25, -0.2) is 15.0 Å². The molecule has 0 bridgehead atoms. The van der Waals surface area contributed by atoms with Gasteiger partial charge in [-0.05, 0) is 19.1 Å². The Labute approximate surface area is 127 Å². The molecule has 22 heavy (non-hydrogen) atoms. The summed E-state index contributed by atoms with van der Waals surface area (Å²) < 4.78 is 1.76. The molecule has 3 rings (SSSR count). The van der Waals surface area contributed by atoms with Crippen LogP contribution in [0.3, 0.4) is 0 Å². The minimum atomic E-state index is -0.239. The lowest BCUT2D eigenvalue weighted by Gasteiger charge is -2.10. The molecule has 112 valence electrons. The molecule has 7 heteroatoms. The van der Waals surface area contributed by atoms with Crippen molar-refractivity contribution < 1.29 is 4.79 Å². The predicted octanol–water partition coefficient (Wildman–Crippen LogP) is 1.75. The van der Waals surface area contributed by atoms with Crippen LogP contribution in [0.4, 0.5) is 11.6 Å². The summed E-state index contributed by atoms with van der Waals surface area (Å²) in [7, 11) is 3.71. The fourth-order valence-corrected chi connectivity index (χ4v) is 2.19. The Hall–Kier alpha value is -2.96. The standard InChI is InChI=1S/C15H16N6O/c1-10-13(21-7-5-4-6-12(21)18-10)14(22)19-11-8-16-15(17-9-11)20(2)3/h4-9H,1-3H3,(H,19,22). The number of fused-ring (bicyclic) bond motifs is 1. The number of nitrogens with zero attached hydrogens (tertiary/aromatic N) is 5. The van der Waals surface area contributed by atoms with E-state index >= 15 is 0 Å². The van der Waals surface area contributed by atoms with Gasteiger partial charge in [0.15, 0.2) is 0 Å². The fourth-order valence-electron chi connectivity index (χ4n) is 2.19. The molecule has 0 saturated heterocycles. The zero-order valence-electron chi connectivity index (χ0n) is 12.6. The predicted molar refractivity (Wildman–Crippen MR) is 84.2 cm³/mol. The number of aromatic nitrogens is 4. The van der Waals surface area contributed by atoms with Crippen LogP contribution in [-0.4, -0.2) is 39.4 Å². The van der Waals surface area contributed by atoms with Crippen LogP contribution in [0.5, 0.6) is 0 Å². The van der Waals surface area contributed by atoms with Gasteiger partial charge in [0.25, 0.3) is 5.91 Å². The molecule has 0 radical (unpaired) electrons. The van der Waals surface area contributed by atoms with Crippen LogP contribution >= 0.6 is 0 Å². The van der Waals surface area contributed by atoms with Crippen molar-refractivity contribution >= 4 is 23.2 Å². The first-order valence-electron chi connectivity index (χ1n) is 6.80. The van der Waals surface area contributed by atoms with Gasteiger partial charge >= 0.3 is 0 Å². The smallest absolute Gasteiger partial charge is 0.274 e. The number of rotatable bonds is 3. The summed E-state index contributed by atoms with van der Waals surface area (Å²) in [5, 5.41) is 2.80. The van der Waals surface area contributed by atoms with Gasteiger partial charge in [0.05, 0.1) is 23.8 Å². The van der Waals surface area contributed by atoms with Crippen LogP contribution in [0.2, 0.25) is 0 Å². The van der Waals surface area contributed by atoms with Gasteiger partial charge in [-0.15, -0.1) is 0 Å². The molecule has 0 aliphatic carbocycles. The monoisotopic (exact) mass is 296 g/mol. The van der Waals surface area contributed by atoms with Crippen molar-refractivity contribution in [1.82, 2.24) is 19.4 Å². The normalized spacial score (nSPS) is 10.7. The fraction of sp³-hybridized carbons (Fsp3) is 0.200. The molecule has 1 N–H and O–H groups in total. The highest BCUT2D eigenvalue weighted by molar-refractivity contribution is 6.04. The molecule has 3 heterocycles. The molecule has 0 atom stereocenters. The Bertz CT molecular complexity index is 822. The van der Waals surface area contributed by atoms with E-state index in [0.29, 0.717) is 23.0 Å². The minimum Gasteiger partial charge on any atom is -0.347 e. The molecule has 3 aromatic rings. The quantitative estimate of drug-likeness (QED) is 0.797. The van der Waals surface area contributed by atoms with Gasteiger partial charge in [0, 0.05) is 20.3 Å². The van der Waals surface area contributed by atoms with Crippen molar-refractivity contribution in [2.24, 2.45) is 0 Å². The number of anilines is 2. The average Bonchev–Trinajstić information content (AvgIpc) is 2.83. The Morgan fingerprint density at radius 1 is 1.23 bits per heavy atom. The van der Waals surface area contributed by atoms with Gasteiger partial charge < -0.3 is 10.2 Å². The summed E-state index contributed by atoms with van der Waals surface area (Å²) in [5.74, 6) is 0.349. The van der Waals surface area contributed by atoms with E-state index in [1.165, 1.54) is 0 Å². The number of hydrogen-bond donors (Lipinski definition) is 1. The third-order valence-electron chi connectivity index (χ3n) is 3.22. The maximum absolute atomic E-state index is 12.5. The molecule has 0 aromatic carbocycles. The first-order valence-corrected chi connectivity index (χ1v) is 6.80. The second-order valence-corrected chi connectivity index (χ2v) is 5.09. The summed E-state index contributed by atoms with van der Waals surface area (Å²) >= 11 is 0. The largest absolute Gasteiger partial charge is 0.347 e. The number of amides is 1. The number of aryl methyl sites for hydroxylation is 1. The van der Waals surface area contributed by atoms with Crippen LogP contribution < -0.4 is 10.2 Å². The summed E-state index contributed by atoms with van der Waals surface area (Å²) in [6, 6.07) is 5.61. The number of imidazole rings is 1. The van der Waals surface area contributed by atoms with Crippen LogP contribution in [0, 0.1) is 6.92 Å². The molecule has 1 amide bonds. The van der Waals surface area contributed by atoms with Crippen LogP contribution in [0.25, 0.3) is 5.65 Å².